The number of aryl methyl sites for hydroxylation is 1. The van der Waals surface area contributed by atoms with Crippen LogP contribution < -0.4 is 16.3 Å². The number of carbonyl (C=O) groups excluding carboxylic acids is 1. The van der Waals surface area contributed by atoms with Crippen molar-refractivity contribution in [1.82, 2.24) is 10.5 Å². The second-order valence-corrected chi connectivity index (χ2v) is 6.27. The summed E-state index contributed by atoms with van der Waals surface area (Å²) < 4.78 is 28.0. The third-order valence-electron chi connectivity index (χ3n) is 3.98. The Morgan fingerprint density at radius 1 is 1.40 bits per heavy atom. The lowest BCUT2D eigenvalue weighted by atomic mass is 9.95. The molecule has 0 spiro atoms. The van der Waals surface area contributed by atoms with E-state index in [0.29, 0.717) is 18.3 Å². The second kappa shape index (κ2) is 7.19. The number of anilines is 2. The van der Waals surface area contributed by atoms with E-state index in [4.69, 9.17) is 4.84 Å². The van der Waals surface area contributed by atoms with Crippen LogP contribution in [0.1, 0.15) is 28.8 Å². The Balaban J connectivity index is 1.85. The van der Waals surface area contributed by atoms with Gasteiger partial charge in [-0.3, -0.25) is 9.63 Å². The fourth-order valence-corrected chi connectivity index (χ4v) is 2.39. The van der Waals surface area contributed by atoms with Gasteiger partial charge in [0.1, 0.15) is 13.7 Å². The van der Waals surface area contributed by atoms with Crippen LogP contribution in [0, 0.1) is 24.5 Å². The number of amides is 1. The van der Waals surface area contributed by atoms with Crippen LogP contribution in [0.2, 0.25) is 0 Å². The molecule has 1 aromatic carbocycles. The summed E-state index contributed by atoms with van der Waals surface area (Å²) in [5.74, 6) is -2.03. The number of hydrogen-bond donors (Lipinski definition) is 2. The zero-order chi connectivity index (χ0) is 18.0. The predicted molar refractivity (Wildman–Crippen MR) is 92.9 cm³/mol. The van der Waals surface area contributed by atoms with Gasteiger partial charge in [0, 0.05) is 6.20 Å². The minimum absolute atomic E-state index is 0.0588. The smallest absolute Gasteiger partial charge is 0.277 e. The maximum Gasteiger partial charge on any atom is 0.277 e. The zero-order valence-electron chi connectivity index (χ0n) is 14.0. The maximum absolute atomic E-state index is 14.3. The highest BCUT2D eigenvalue weighted by atomic mass is 19.2. The number of hydroxylamine groups is 1. The van der Waals surface area contributed by atoms with Crippen molar-refractivity contribution in [3.63, 3.8) is 0 Å². The Labute approximate surface area is 145 Å². The van der Waals surface area contributed by atoms with Crippen molar-refractivity contribution in [2.75, 3.05) is 11.9 Å². The monoisotopic (exact) mass is 345 g/mol. The standard InChI is InChI=1S/C17H18BF2N3O2/c1-9-6-12(18)16(21-7-9)22-15-11(4-5-13(19)14(15)20)17(24)23-25-8-10-2-3-10/h4-7,10H,2-3,8,18H2,1H3,(H,21,22)(H,23,24). The van der Waals surface area contributed by atoms with Gasteiger partial charge in [0.15, 0.2) is 11.6 Å². The van der Waals surface area contributed by atoms with Crippen molar-refractivity contribution in [2.45, 2.75) is 19.8 Å². The minimum atomic E-state index is -1.14. The van der Waals surface area contributed by atoms with E-state index < -0.39 is 17.5 Å². The van der Waals surface area contributed by atoms with E-state index in [2.05, 4.69) is 15.8 Å². The first-order chi connectivity index (χ1) is 12.0. The number of halogens is 2. The van der Waals surface area contributed by atoms with Crippen LogP contribution in [0.3, 0.4) is 0 Å². The largest absolute Gasteiger partial charge is 0.338 e. The molecule has 0 aliphatic heterocycles. The van der Waals surface area contributed by atoms with Gasteiger partial charge in [-0.05, 0) is 48.8 Å². The van der Waals surface area contributed by atoms with E-state index in [9.17, 15) is 13.6 Å². The summed E-state index contributed by atoms with van der Waals surface area (Å²) in [6, 6.07) is 3.97. The van der Waals surface area contributed by atoms with Gasteiger partial charge in [0.05, 0.1) is 17.9 Å². The number of benzene rings is 1. The quantitative estimate of drug-likeness (QED) is 0.619. The molecule has 1 aliphatic rings. The highest BCUT2D eigenvalue weighted by Crippen LogP contribution is 2.29. The molecule has 0 radical (unpaired) electrons. The van der Waals surface area contributed by atoms with Crippen molar-refractivity contribution in [3.8, 4) is 0 Å². The molecule has 1 fully saturated rings. The molecule has 25 heavy (non-hydrogen) atoms. The van der Waals surface area contributed by atoms with E-state index in [-0.39, 0.29) is 11.3 Å². The lowest BCUT2D eigenvalue weighted by molar-refractivity contribution is 0.0270. The first-order valence-corrected chi connectivity index (χ1v) is 8.06. The third-order valence-corrected chi connectivity index (χ3v) is 3.98. The van der Waals surface area contributed by atoms with E-state index >= 15 is 0 Å². The van der Waals surface area contributed by atoms with Crippen LogP contribution in [0.25, 0.3) is 0 Å². The lowest BCUT2D eigenvalue weighted by Gasteiger charge is -2.15. The van der Waals surface area contributed by atoms with E-state index in [1.54, 1.807) is 14.0 Å². The second-order valence-electron chi connectivity index (χ2n) is 6.27. The summed E-state index contributed by atoms with van der Waals surface area (Å²) in [4.78, 5) is 21.6. The zero-order valence-corrected chi connectivity index (χ0v) is 14.0. The Morgan fingerprint density at radius 3 is 2.84 bits per heavy atom. The number of pyridine rings is 1. The SMILES string of the molecule is Bc1cc(C)cnc1Nc1c(C(=O)NOCC2CC2)ccc(F)c1F. The van der Waals surface area contributed by atoms with Crippen LogP contribution >= 0.6 is 0 Å². The minimum Gasteiger partial charge on any atom is -0.338 e. The lowest BCUT2D eigenvalue weighted by Crippen LogP contribution is -2.26. The molecule has 1 aromatic heterocycles. The molecule has 1 aliphatic carbocycles. The molecule has 0 atom stereocenters. The summed E-state index contributed by atoms with van der Waals surface area (Å²) in [6.07, 6.45) is 3.75. The first kappa shape index (κ1) is 17.4. The van der Waals surface area contributed by atoms with Gasteiger partial charge < -0.3 is 5.32 Å². The molecule has 1 saturated carbocycles. The molecule has 3 rings (SSSR count). The maximum atomic E-state index is 14.3. The molecular formula is C17H18BF2N3O2. The summed E-state index contributed by atoms with van der Waals surface area (Å²) in [7, 11) is 1.79. The fraction of sp³-hybridized carbons (Fsp3) is 0.294. The molecule has 0 bridgehead atoms. The average Bonchev–Trinajstić information content (AvgIpc) is 3.38. The summed E-state index contributed by atoms with van der Waals surface area (Å²) in [5.41, 5.74) is 3.64. The van der Waals surface area contributed by atoms with Gasteiger partial charge >= 0.3 is 0 Å². The van der Waals surface area contributed by atoms with Crippen LogP contribution in [0.4, 0.5) is 20.3 Å². The molecule has 2 N–H and O–H groups in total. The highest BCUT2D eigenvalue weighted by Gasteiger charge is 2.23. The highest BCUT2D eigenvalue weighted by molar-refractivity contribution is 6.35. The molecule has 0 saturated heterocycles. The molecule has 5 nitrogen and oxygen atoms in total. The van der Waals surface area contributed by atoms with Gasteiger partial charge in [0.25, 0.3) is 5.91 Å². The Kier molecular flexibility index (Phi) is 4.99. The van der Waals surface area contributed by atoms with E-state index in [1.807, 2.05) is 13.0 Å². The molecule has 2 aromatic rings. The van der Waals surface area contributed by atoms with Gasteiger partial charge in [-0.15, -0.1) is 0 Å². The fourth-order valence-electron chi connectivity index (χ4n) is 2.39. The summed E-state index contributed by atoms with van der Waals surface area (Å²) in [5, 5.41) is 2.73. The van der Waals surface area contributed by atoms with Crippen molar-refractivity contribution >= 4 is 30.7 Å². The normalized spacial score (nSPS) is 13.6. The topological polar surface area (TPSA) is 63.2 Å². The van der Waals surface area contributed by atoms with Crippen molar-refractivity contribution < 1.29 is 18.4 Å². The Hall–Kier alpha value is -2.48. The van der Waals surface area contributed by atoms with E-state index in [0.717, 1.165) is 29.9 Å². The summed E-state index contributed by atoms with van der Waals surface area (Å²) >= 11 is 0. The number of nitrogens with one attached hydrogen (secondary N) is 2. The summed E-state index contributed by atoms with van der Waals surface area (Å²) in [6.45, 7) is 2.29. The van der Waals surface area contributed by atoms with Crippen molar-refractivity contribution in [3.05, 3.63) is 47.2 Å². The predicted octanol–water partition coefficient (Wildman–Crippen LogP) is 1.74. The van der Waals surface area contributed by atoms with Crippen molar-refractivity contribution in [1.29, 1.82) is 0 Å². The third kappa shape index (κ3) is 4.14. The van der Waals surface area contributed by atoms with E-state index in [1.165, 1.54) is 6.07 Å². The molecule has 1 heterocycles. The van der Waals surface area contributed by atoms with Gasteiger partial charge in [0.2, 0.25) is 0 Å². The number of nitrogens with zero attached hydrogens (tertiary/aromatic N) is 1. The van der Waals surface area contributed by atoms with Gasteiger partial charge in [-0.2, -0.15) is 0 Å². The first-order valence-electron chi connectivity index (χ1n) is 8.06. The number of aromatic nitrogens is 1. The number of rotatable bonds is 6. The van der Waals surface area contributed by atoms with Crippen molar-refractivity contribution in [2.24, 2.45) is 5.92 Å². The molecule has 8 heteroatoms. The number of hydrogen-bond acceptors (Lipinski definition) is 4. The van der Waals surface area contributed by atoms with Crippen LogP contribution in [-0.4, -0.2) is 25.3 Å². The Morgan fingerprint density at radius 2 is 2.16 bits per heavy atom. The van der Waals surface area contributed by atoms with Crippen LogP contribution in [0.5, 0.6) is 0 Å². The average molecular weight is 345 g/mol. The molecule has 0 unspecified atom stereocenters. The van der Waals surface area contributed by atoms with Crippen LogP contribution in [0.15, 0.2) is 24.4 Å². The molecule has 130 valence electrons. The Bertz CT molecular complexity index is 813. The number of carbonyl (C=O) groups is 1. The van der Waals surface area contributed by atoms with Gasteiger partial charge in [-0.25, -0.2) is 19.2 Å². The molecular weight excluding hydrogens is 327 g/mol. The van der Waals surface area contributed by atoms with Crippen LogP contribution in [-0.2, 0) is 4.84 Å². The van der Waals surface area contributed by atoms with Gasteiger partial charge in [-0.1, -0.05) is 6.07 Å². The molecule has 1 amide bonds.